The van der Waals surface area contributed by atoms with Crippen molar-refractivity contribution in [3.05, 3.63) is 23.4 Å². The van der Waals surface area contributed by atoms with Crippen molar-refractivity contribution in [3.8, 4) is 0 Å². The van der Waals surface area contributed by atoms with Crippen molar-refractivity contribution in [2.24, 2.45) is 0 Å². The van der Waals surface area contributed by atoms with Crippen LogP contribution in [0.4, 0.5) is 5.82 Å². The third-order valence-corrected chi connectivity index (χ3v) is 3.50. The van der Waals surface area contributed by atoms with Crippen LogP contribution in [0.1, 0.15) is 58.2 Å². The summed E-state index contributed by atoms with van der Waals surface area (Å²) in [6, 6.07) is 4.91. The van der Waals surface area contributed by atoms with E-state index >= 15 is 0 Å². The molecule has 0 radical (unpaired) electrons. The molecule has 3 nitrogen and oxygen atoms in total. The van der Waals surface area contributed by atoms with Crippen molar-refractivity contribution in [3.63, 3.8) is 0 Å². The van der Waals surface area contributed by atoms with Crippen LogP contribution in [0.2, 0.25) is 0 Å². The van der Waals surface area contributed by atoms with E-state index in [0.29, 0.717) is 6.04 Å². The SMILES string of the molecule is CCCCCN(c1cc(CNCC)cc(C)n1)C(C)C. The van der Waals surface area contributed by atoms with Crippen LogP contribution < -0.4 is 10.2 Å². The molecule has 0 atom stereocenters. The second-order valence-corrected chi connectivity index (χ2v) is 5.75. The highest BCUT2D eigenvalue weighted by atomic mass is 15.2. The Hall–Kier alpha value is -1.09. The molecule has 0 aliphatic rings. The van der Waals surface area contributed by atoms with Gasteiger partial charge in [-0.3, -0.25) is 0 Å². The molecule has 0 saturated heterocycles. The summed E-state index contributed by atoms with van der Waals surface area (Å²) in [4.78, 5) is 7.17. The maximum atomic E-state index is 4.74. The molecule has 0 amide bonds. The predicted octanol–water partition coefficient (Wildman–Crippen LogP) is 3.90. The summed E-state index contributed by atoms with van der Waals surface area (Å²) in [5.41, 5.74) is 2.44. The fourth-order valence-electron chi connectivity index (χ4n) is 2.41. The quantitative estimate of drug-likeness (QED) is 0.694. The second kappa shape index (κ2) is 8.96. The summed E-state index contributed by atoms with van der Waals surface area (Å²) in [6.45, 7) is 14.0. The zero-order valence-corrected chi connectivity index (χ0v) is 13.9. The lowest BCUT2D eigenvalue weighted by atomic mass is 10.1. The predicted molar refractivity (Wildman–Crippen MR) is 88.4 cm³/mol. The summed E-state index contributed by atoms with van der Waals surface area (Å²) in [6.07, 6.45) is 3.80. The molecule has 1 rings (SSSR count). The van der Waals surface area contributed by atoms with E-state index < -0.39 is 0 Å². The highest BCUT2D eigenvalue weighted by Gasteiger charge is 2.12. The first-order valence-electron chi connectivity index (χ1n) is 8.03. The number of hydrogen-bond donors (Lipinski definition) is 1. The Morgan fingerprint density at radius 2 is 1.95 bits per heavy atom. The van der Waals surface area contributed by atoms with Gasteiger partial charge in [0.05, 0.1) is 0 Å². The molecule has 0 aromatic carbocycles. The number of rotatable bonds is 9. The highest BCUT2D eigenvalue weighted by molar-refractivity contribution is 5.43. The minimum absolute atomic E-state index is 0.494. The van der Waals surface area contributed by atoms with Gasteiger partial charge in [0.2, 0.25) is 0 Å². The van der Waals surface area contributed by atoms with E-state index in [1.807, 2.05) is 0 Å². The molecule has 1 aromatic rings. The molecule has 114 valence electrons. The Kier molecular flexibility index (Phi) is 7.60. The van der Waals surface area contributed by atoms with Gasteiger partial charge in [0.15, 0.2) is 0 Å². The zero-order chi connectivity index (χ0) is 15.0. The van der Waals surface area contributed by atoms with Gasteiger partial charge < -0.3 is 10.2 Å². The Bertz CT molecular complexity index is 388. The lowest BCUT2D eigenvalue weighted by Gasteiger charge is -2.28. The van der Waals surface area contributed by atoms with E-state index in [1.54, 1.807) is 0 Å². The largest absolute Gasteiger partial charge is 0.354 e. The first-order chi connectivity index (χ1) is 9.58. The number of anilines is 1. The maximum Gasteiger partial charge on any atom is 0.129 e. The van der Waals surface area contributed by atoms with E-state index in [-0.39, 0.29) is 0 Å². The van der Waals surface area contributed by atoms with E-state index in [1.165, 1.54) is 24.8 Å². The Morgan fingerprint density at radius 1 is 1.20 bits per heavy atom. The van der Waals surface area contributed by atoms with Gasteiger partial charge in [-0.25, -0.2) is 4.98 Å². The van der Waals surface area contributed by atoms with Gasteiger partial charge in [-0.05, 0) is 51.4 Å². The summed E-state index contributed by atoms with van der Waals surface area (Å²) < 4.78 is 0. The van der Waals surface area contributed by atoms with Gasteiger partial charge >= 0.3 is 0 Å². The van der Waals surface area contributed by atoms with Crippen LogP contribution in [0.3, 0.4) is 0 Å². The van der Waals surface area contributed by atoms with Gasteiger partial charge in [0.1, 0.15) is 5.82 Å². The number of nitrogens with zero attached hydrogens (tertiary/aromatic N) is 2. The molecular formula is C17H31N3. The number of aryl methyl sites for hydroxylation is 1. The molecular weight excluding hydrogens is 246 g/mol. The standard InChI is InChI=1S/C17H31N3/c1-6-8-9-10-20(14(3)4)17-12-16(13-18-7-2)11-15(5)19-17/h11-12,14,18H,6-10,13H2,1-5H3. The van der Waals surface area contributed by atoms with Crippen molar-refractivity contribution >= 4 is 5.82 Å². The third-order valence-electron chi connectivity index (χ3n) is 3.50. The Labute approximate surface area is 124 Å². The van der Waals surface area contributed by atoms with Crippen LogP contribution in [-0.4, -0.2) is 24.1 Å². The zero-order valence-electron chi connectivity index (χ0n) is 13.9. The molecule has 1 heterocycles. The van der Waals surface area contributed by atoms with Crippen molar-refractivity contribution < 1.29 is 0 Å². The Morgan fingerprint density at radius 3 is 2.55 bits per heavy atom. The molecule has 1 N–H and O–H groups in total. The molecule has 0 saturated carbocycles. The van der Waals surface area contributed by atoms with Crippen LogP contribution in [0.5, 0.6) is 0 Å². The van der Waals surface area contributed by atoms with Crippen LogP contribution in [0.25, 0.3) is 0 Å². The van der Waals surface area contributed by atoms with Gasteiger partial charge in [-0.1, -0.05) is 26.7 Å². The van der Waals surface area contributed by atoms with E-state index in [0.717, 1.165) is 31.1 Å². The van der Waals surface area contributed by atoms with E-state index in [4.69, 9.17) is 4.98 Å². The second-order valence-electron chi connectivity index (χ2n) is 5.75. The molecule has 0 bridgehead atoms. The first kappa shape index (κ1) is 17.0. The van der Waals surface area contributed by atoms with Crippen molar-refractivity contribution in [2.45, 2.75) is 66.5 Å². The number of aromatic nitrogens is 1. The van der Waals surface area contributed by atoms with Crippen LogP contribution in [-0.2, 0) is 6.54 Å². The average Bonchev–Trinajstić information content (AvgIpc) is 2.40. The topological polar surface area (TPSA) is 28.2 Å². The fraction of sp³-hybridized carbons (Fsp3) is 0.706. The lowest BCUT2D eigenvalue weighted by Crippen LogP contribution is -2.32. The molecule has 3 heteroatoms. The molecule has 20 heavy (non-hydrogen) atoms. The minimum atomic E-state index is 0.494. The number of pyridine rings is 1. The molecule has 0 unspecified atom stereocenters. The summed E-state index contributed by atoms with van der Waals surface area (Å²) in [5, 5.41) is 3.39. The smallest absolute Gasteiger partial charge is 0.129 e. The number of unbranched alkanes of at least 4 members (excludes halogenated alkanes) is 2. The van der Waals surface area contributed by atoms with E-state index in [2.05, 4.69) is 57.0 Å². The average molecular weight is 277 g/mol. The third kappa shape index (κ3) is 5.49. The fourth-order valence-corrected chi connectivity index (χ4v) is 2.41. The highest BCUT2D eigenvalue weighted by Crippen LogP contribution is 2.18. The van der Waals surface area contributed by atoms with Crippen LogP contribution >= 0.6 is 0 Å². The molecule has 0 aliphatic carbocycles. The molecule has 0 aliphatic heterocycles. The molecule has 0 spiro atoms. The monoisotopic (exact) mass is 277 g/mol. The molecule has 0 fully saturated rings. The van der Waals surface area contributed by atoms with Crippen LogP contribution in [0.15, 0.2) is 12.1 Å². The first-order valence-corrected chi connectivity index (χ1v) is 8.03. The number of hydrogen-bond acceptors (Lipinski definition) is 3. The summed E-state index contributed by atoms with van der Waals surface area (Å²) >= 11 is 0. The van der Waals surface area contributed by atoms with Gasteiger partial charge in [-0.15, -0.1) is 0 Å². The van der Waals surface area contributed by atoms with Crippen molar-refractivity contribution in [2.75, 3.05) is 18.0 Å². The Balaban J connectivity index is 2.85. The summed E-state index contributed by atoms with van der Waals surface area (Å²) in [7, 11) is 0. The summed E-state index contributed by atoms with van der Waals surface area (Å²) in [5.74, 6) is 1.13. The maximum absolute atomic E-state index is 4.74. The lowest BCUT2D eigenvalue weighted by molar-refractivity contribution is 0.618. The normalized spacial score (nSPS) is 11.1. The van der Waals surface area contributed by atoms with E-state index in [9.17, 15) is 0 Å². The van der Waals surface area contributed by atoms with Gasteiger partial charge in [0, 0.05) is 24.8 Å². The van der Waals surface area contributed by atoms with Gasteiger partial charge in [-0.2, -0.15) is 0 Å². The van der Waals surface area contributed by atoms with Gasteiger partial charge in [0.25, 0.3) is 0 Å². The van der Waals surface area contributed by atoms with Crippen molar-refractivity contribution in [1.82, 2.24) is 10.3 Å². The van der Waals surface area contributed by atoms with Crippen molar-refractivity contribution in [1.29, 1.82) is 0 Å². The number of nitrogens with one attached hydrogen (secondary N) is 1. The van der Waals surface area contributed by atoms with Crippen LogP contribution in [0, 0.1) is 6.92 Å². The minimum Gasteiger partial charge on any atom is -0.354 e. The molecule has 1 aromatic heterocycles.